The number of aromatic nitrogens is 2. The van der Waals surface area contributed by atoms with Gasteiger partial charge in [-0.1, -0.05) is 13.8 Å². The van der Waals surface area contributed by atoms with E-state index >= 15 is 0 Å². The highest BCUT2D eigenvalue weighted by Gasteiger charge is 2.45. The molecule has 0 amide bonds. The van der Waals surface area contributed by atoms with E-state index in [1.807, 2.05) is 18.3 Å². The van der Waals surface area contributed by atoms with E-state index in [-0.39, 0.29) is 0 Å². The number of thiophene rings is 1. The molecule has 1 saturated carbocycles. The lowest BCUT2D eigenvalue weighted by Gasteiger charge is -2.12. The van der Waals surface area contributed by atoms with Crippen LogP contribution in [0.3, 0.4) is 0 Å². The summed E-state index contributed by atoms with van der Waals surface area (Å²) < 4.78 is 0. The number of hydrogen-bond acceptors (Lipinski definition) is 3. The third-order valence-electron chi connectivity index (χ3n) is 4.03. The topological polar surface area (TPSA) is 25.8 Å². The summed E-state index contributed by atoms with van der Waals surface area (Å²) in [6.07, 6.45) is 3.61. The van der Waals surface area contributed by atoms with Crippen LogP contribution in [-0.4, -0.2) is 10.2 Å². The predicted molar refractivity (Wildman–Crippen MR) is 79.8 cm³/mol. The van der Waals surface area contributed by atoms with Crippen molar-refractivity contribution in [3.63, 3.8) is 0 Å². The van der Waals surface area contributed by atoms with E-state index in [9.17, 15) is 0 Å². The maximum Gasteiger partial charge on any atom is 0.0640 e. The summed E-state index contributed by atoms with van der Waals surface area (Å²) in [4.78, 5) is 1.50. The van der Waals surface area contributed by atoms with Crippen molar-refractivity contribution >= 4 is 11.3 Å². The third-order valence-corrected chi connectivity index (χ3v) is 5.26. The molecular weight excluding hydrogens is 252 g/mol. The molecule has 19 heavy (non-hydrogen) atoms. The first kappa shape index (κ1) is 12.8. The Morgan fingerprint density at radius 1 is 1.26 bits per heavy atom. The van der Waals surface area contributed by atoms with E-state index in [2.05, 4.69) is 47.6 Å². The Labute approximate surface area is 118 Å². The van der Waals surface area contributed by atoms with E-state index in [4.69, 9.17) is 0 Å². The van der Waals surface area contributed by atoms with Crippen molar-refractivity contribution in [2.75, 3.05) is 0 Å². The monoisotopic (exact) mass is 272 g/mol. The minimum Gasteiger partial charge on any atom is -0.156 e. The Balaban J connectivity index is 1.80. The molecule has 0 spiro atoms. The highest BCUT2D eigenvalue weighted by atomic mass is 32.1. The summed E-state index contributed by atoms with van der Waals surface area (Å²) in [7, 11) is 0. The second-order valence-corrected chi connectivity index (χ2v) is 6.96. The first-order chi connectivity index (χ1) is 9.09. The van der Waals surface area contributed by atoms with Gasteiger partial charge in [0.25, 0.3) is 0 Å². The van der Waals surface area contributed by atoms with Gasteiger partial charge in [-0.25, -0.2) is 0 Å². The molecule has 1 aliphatic carbocycles. The molecule has 0 aromatic carbocycles. The fraction of sp³-hybridized carbons (Fsp3) is 0.500. The fourth-order valence-corrected chi connectivity index (χ4v) is 3.57. The van der Waals surface area contributed by atoms with Crippen LogP contribution in [0.4, 0.5) is 0 Å². The van der Waals surface area contributed by atoms with Crippen LogP contribution >= 0.6 is 11.3 Å². The van der Waals surface area contributed by atoms with E-state index in [0.717, 1.165) is 17.8 Å². The maximum atomic E-state index is 4.32. The molecule has 0 unspecified atom stereocenters. The number of nitrogens with zero attached hydrogens (tertiary/aromatic N) is 2. The van der Waals surface area contributed by atoms with Gasteiger partial charge in [0.05, 0.1) is 11.4 Å². The molecule has 2 heterocycles. The number of hydrogen-bond donors (Lipinski definition) is 0. The lowest BCUT2D eigenvalue weighted by atomic mass is 9.92. The first-order valence-corrected chi connectivity index (χ1v) is 7.85. The molecular formula is C16H20N2S. The van der Waals surface area contributed by atoms with Crippen LogP contribution in [0.5, 0.6) is 0 Å². The van der Waals surface area contributed by atoms with Crippen LogP contribution in [0.1, 0.15) is 54.4 Å². The highest BCUT2D eigenvalue weighted by Crippen LogP contribution is 2.51. The molecule has 2 nitrogen and oxygen atoms in total. The minimum atomic E-state index is 0.355. The van der Waals surface area contributed by atoms with E-state index < -0.39 is 0 Å². The molecule has 0 radical (unpaired) electrons. The minimum absolute atomic E-state index is 0.355. The third kappa shape index (κ3) is 2.57. The SMILES string of the molecule is Cc1ccc(CC2(c3csc(C(C)C)c3)CC2)nn1. The molecule has 1 aliphatic rings. The van der Waals surface area contributed by atoms with E-state index in [1.165, 1.54) is 23.3 Å². The largest absolute Gasteiger partial charge is 0.156 e. The van der Waals surface area contributed by atoms with Crippen molar-refractivity contribution < 1.29 is 0 Å². The zero-order chi connectivity index (χ0) is 13.5. The van der Waals surface area contributed by atoms with Crippen LogP contribution < -0.4 is 0 Å². The van der Waals surface area contributed by atoms with Crippen LogP contribution in [0.2, 0.25) is 0 Å². The zero-order valence-corrected chi connectivity index (χ0v) is 12.6. The standard InChI is InChI=1S/C16H20N2S/c1-11(2)15-8-13(10-19-15)16(6-7-16)9-14-5-4-12(3)17-18-14/h4-5,8,10-11H,6-7,9H2,1-3H3. The summed E-state index contributed by atoms with van der Waals surface area (Å²) in [6, 6.07) is 6.59. The molecule has 1 fully saturated rings. The van der Waals surface area contributed by atoms with Crippen LogP contribution in [-0.2, 0) is 11.8 Å². The second kappa shape index (κ2) is 4.71. The molecule has 0 aliphatic heterocycles. The number of aryl methyl sites for hydroxylation is 1. The summed E-state index contributed by atoms with van der Waals surface area (Å²) in [5, 5.41) is 10.8. The Morgan fingerprint density at radius 3 is 2.58 bits per heavy atom. The first-order valence-electron chi connectivity index (χ1n) is 6.97. The van der Waals surface area contributed by atoms with Gasteiger partial charge in [0, 0.05) is 16.7 Å². The summed E-state index contributed by atoms with van der Waals surface area (Å²) in [5.41, 5.74) is 3.99. The van der Waals surface area contributed by atoms with Gasteiger partial charge < -0.3 is 0 Å². The van der Waals surface area contributed by atoms with Gasteiger partial charge in [-0.3, -0.25) is 0 Å². The Bertz CT molecular complexity index is 565. The molecule has 0 N–H and O–H groups in total. The summed E-state index contributed by atoms with van der Waals surface area (Å²) in [6.45, 7) is 6.51. The average Bonchev–Trinajstić information content (AvgIpc) is 2.98. The van der Waals surface area contributed by atoms with Crippen LogP contribution in [0.25, 0.3) is 0 Å². The smallest absolute Gasteiger partial charge is 0.0640 e. The molecule has 3 rings (SSSR count). The highest BCUT2D eigenvalue weighted by molar-refractivity contribution is 7.10. The van der Waals surface area contributed by atoms with Crippen molar-refractivity contribution in [1.29, 1.82) is 0 Å². The van der Waals surface area contributed by atoms with Crippen molar-refractivity contribution in [3.05, 3.63) is 45.4 Å². The number of rotatable bonds is 4. The van der Waals surface area contributed by atoms with Crippen LogP contribution in [0, 0.1) is 6.92 Å². The van der Waals surface area contributed by atoms with Crippen molar-refractivity contribution in [1.82, 2.24) is 10.2 Å². The van der Waals surface area contributed by atoms with Gasteiger partial charge in [0.2, 0.25) is 0 Å². The summed E-state index contributed by atoms with van der Waals surface area (Å²) >= 11 is 1.90. The Morgan fingerprint density at radius 2 is 2.05 bits per heavy atom. The van der Waals surface area contributed by atoms with E-state index in [1.54, 1.807) is 0 Å². The van der Waals surface area contributed by atoms with Gasteiger partial charge in [-0.15, -0.1) is 11.3 Å². The van der Waals surface area contributed by atoms with Gasteiger partial charge >= 0.3 is 0 Å². The van der Waals surface area contributed by atoms with Gasteiger partial charge in [0.1, 0.15) is 0 Å². The van der Waals surface area contributed by atoms with Gasteiger partial charge in [-0.05, 0) is 54.8 Å². The molecule has 0 bridgehead atoms. The molecule has 3 heteroatoms. The quantitative estimate of drug-likeness (QED) is 0.831. The molecule has 2 aromatic rings. The van der Waals surface area contributed by atoms with Crippen molar-refractivity contribution in [2.24, 2.45) is 0 Å². The fourth-order valence-electron chi connectivity index (χ4n) is 2.52. The maximum absolute atomic E-state index is 4.32. The van der Waals surface area contributed by atoms with Gasteiger partial charge in [-0.2, -0.15) is 10.2 Å². The van der Waals surface area contributed by atoms with Crippen molar-refractivity contribution in [2.45, 2.75) is 51.4 Å². The molecule has 0 atom stereocenters. The molecule has 100 valence electrons. The van der Waals surface area contributed by atoms with E-state index in [0.29, 0.717) is 11.3 Å². The lowest BCUT2D eigenvalue weighted by molar-refractivity contribution is 0.663. The average molecular weight is 272 g/mol. The second-order valence-electron chi connectivity index (χ2n) is 6.02. The van der Waals surface area contributed by atoms with Crippen LogP contribution in [0.15, 0.2) is 23.6 Å². The predicted octanol–water partition coefficient (Wildman–Crippen LogP) is 4.24. The molecule has 2 aromatic heterocycles. The Kier molecular flexibility index (Phi) is 3.17. The van der Waals surface area contributed by atoms with Crippen molar-refractivity contribution in [3.8, 4) is 0 Å². The zero-order valence-electron chi connectivity index (χ0n) is 11.8. The summed E-state index contributed by atoms with van der Waals surface area (Å²) in [5.74, 6) is 0.633. The normalized spacial score (nSPS) is 16.8. The van der Waals surface area contributed by atoms with Gasteiger partial charge in [0.15, 0.2) is 0 Å². The lowest BCUT2D eigenvalue weighted by Crippen LogP contribution is -2.11. The molecule has 0 saturated heterocycles. The Hall–Kier alpha value is -1.22.